The third kappa shape index (κ3) is 7.13. The van der Waals surface area contributed by atoms with Gasteiger partial charge in [0.15, 0.2) is 0 Å². The van der Waals surface area contributed by atoms with Crippen LogP contribution in [0.5, 0.6) is 0 Å². The summed E-state index contributed by atoms with van der Waals surface area (Å²) in [5, 5.41) is 2.79. The summed E-state index contributed by atoms with van der Waals surface area (Å²) < 4.78 is 5.43. The number of thiocarbonyl (C=S) groups is 1. The Kier molecular flexibility index (Phi) is 8.97. The summed E-state index contributed by atoms with van der Waals surface area (Å²) in [5.74, 6) is -0.716. The molecule has 0 atom stereocenters. The average molecular weight is 481 g/mol. The number of rotatable bonds is 9. The molecule has 1 saturated heterocycles. The molecule has 1 heterocycles. The fourth-order valence-electron chi connectivity index (χ4n) is 3.04. The van der Waals surface area contributed by atoms with Crippen LogP contribution in [0.1, 0.15) is 35.7 Å². The molecule has 2 aromatic carbocycles. The monoisotopic (exact) mass is 480 g/mol. The van der Waals surface area contributed by atoms with E-state index < -0.39 is 5.97 Å². The molecule has 0 saturated carbocycles. The molecular formula is C25H24N2O4S2. The van der Waals surface area contributed by atoms with Gasteiger partial charge in [0, 0.05) is 18.7 Å². The number of amides is 2. The van der Waals surface area contributed by atoms with Crippen molar-refractivity contribution in [1.29, 1.82) is 0 Å². The maximum Gasteiger partial charge on any atom is 0.338 e. The van der Waals surface area contributed by atoms with Gasteiger partial charge in [-0.3, -0.25) is 14.5 Å². The number of allylic oxidation sites excluding steroid dienone is 2. The summed E-state index contributed by atoms with van der Waals surface area (Å²) in [6.07, 6.45) is 6.24. The zero-order valence-corrected chi connectivity index (χ0v) is 19.8. The van der Waals surface area contributed by atoms with E-state index in [4.69, 9.17) is 17.0 Å². The Morgan fingerprint density at radius 2 is 1.85 bits per heavy atom. The first-order chi connectivity index (χ1) is 16.0. The van der Waals surface area contributed by atoms with Crippen LogP contribution in [-0.2, 0) is 14.3 Å². The molecule has 8 heteroatoms. The minimum Gasteiger partial charge on any atom is -0.462 e. The van der Waals surface area contributed by atoms with Crippen LogP contribution in [0.3, 0.4) is 0 Å². The Morgan fingerprint density at radius 1 is 1.12 bits per heavy atom. The standard InChI is InChI=1S/C25H24N2O4S2/c1-2-31-24(30)19-13-15-20(16-14-19)26-22(28)12-7-17-27-23(29)21(33-25(27)32)11-6-10-18-8-4-3-5-9-18/h3-6,8-11,13-16H,2,7,12,17H2,1H3,(H,26,28)/b10-6+,21-11-. The van der Waals surface area contributed by atoms with E-state index in [9.17, 15) is 14.4 Å². The van der Waals surface area contributed by atoms with Gasteiger partial charge in [0.25, 0.3) is 5.91 Å². The zero-order valence-electron chi connectivity index (χ0n) is 18.2. The molecule has 2 aromatic rings. The van der Waals surface area contributed by atoms with Crippen molar-refractivity contribution in [3.63, 3.8) is 0 Å². The maximum atomic E-state index is 12.6. The molecule has 0 aromatic heterocycles. The Bertz CT molecular complexity index is 1080. The minimum atomic E-state index is -0.400. The number of hydrogen-bond donors (Lipinski definition) is 1. The van der Waals surface area contributed by atoms with Crippen LogP contribution in [0.2, 0.25) is 0 Å². The fraction of sp³-hybridized carbons (Fsp3) is 0.200. The van der Waals surface area contributed by atoms with E-state index in [0.717, 1.165) is 5.56 Å². The lowest BCUT2D eigenvalue weighted by Gasteiger charge is -2.14. The van der Waals surface area contributed by atoms with Crippen LogP contribution < -0.4 is 5.32 Å². The summed E-state index contributed by atoms with van der Waals surface area (Å²) in [7, 11) is 0. The van der Waals surface area contributed by atoms with Crippen LogP contribution in [0.15, 0.2) is 71.7 Å². The number of ether oxygens (including phenoxy) is 1. The molecule has 0 spiro atoms. The Labute approximate surface area is 202 Å². The van der Waals surface area contributed by atoms with Gasteiger partial charge in [0.05, 0.1) is 17.1 Å². The molecule has 1 aliphatic heterocycles. The molecule has 1 N–H and O–H groups in total. The van der Waals surface area contributed by atoms with Crippen molar-refractivity contribution in [2.24, 2.45) is 0 Å². The van der Waals surface area contributed by atoms with E-state index in [-0.39, 0.29) is 18.2 Å². The van der Waals surface area contributed by atoms with Crippen LogP contribution in [0.25, 0.3) is 6.08 Å². The van der Waals surface area contributed by atoms with Gasteiger partial charge in [-0.05, 0) is 49.2 Å². The lowest BCUT2D eigenvalue weighted by atomic mass is 10.2. The number of nitrogens with zero attached hydrogens (tertiary/aromatic N) is 1. The van der Waals surface area contributed by atoms with Gasteiger partial charge in [-0.15, -0.1) is 0 Å². The first-order valence-electron chi connectivity index (χ1n) is 10.5. The van der Waals surface area contributed by atoms with E-state index in [0.29, 0.717) is 40.0 Å². The van der Waals surface area contributed by atoms with Crippen LogP contribution >= 0.6 is 24.0 Å². The number of esters is 1. The molecule has 0 aliphatic carbocycles. The number of thioether (sulfide) groups is 1. The van der Waals surface area contributed by atoms with Crippen molar-refractivity contribution in [2.45, 2.75) is 19.8 Å². The van der Waals surface area contributed by atoms with Crippen molar-refractivity contribution in [2.75, 3.05) is 18.5 Å². The molecule has 1 aliphatic rings. The van der Waals surface area contributed by atoms with Gasteiger partial charge in [-0.1, -0.05) is 66.5 Å². The number of hydrogen-bond acceptors (Lipinski definition) is 6. The predicted molar refractivity (Wildman–Crippen MR) is 136 cm³/mol. The van der Waals surface area contributed by atoms with Crippen molar-refractivity contribution in [3.8, 4) is 0 Å². The molecule has 1 fully saturated rings. The van der Waals surface area contributed by atoms with Crippen molar-refractivity contribution in [3.05, 3.63) is 82.8 Å². The molecule has 6 nitrogen and oxygen atoms in total. The number of anilines is 1. The highest BCUT2D eigenvalue weighted by atomic mass is 32.2. The summed E-state index contributed by atoms with van der Waals surface area (Å²) >= 11 is 6.60. The number of nitrogens with one attached hydrogen (secondary N) is 1. The summed E-state index contributed by atoms with van der Waals surface area (Å²) in [4.78, 5) is 38.7. The lowest BCUT2D eigenvalue weighted by Crippen LogP contribution is -2.29. The number of carbonyl (C=O) groups excluding carboxylic acids is 3. The molecule has 3 rings (SSSR count). The highest BCUT2D eigenvalue weighted by Crippen LogP contribution is 2.31. The van der Waals surface area contributed by atoms with Crippen molar-refractivity contribution in [1.82, 2.24) is 4.90 Å². The van der Waals surface area contributed by atoms with Crippen LogP contribution in [0.4, 0.5) is 5.69 Å². The van der Waals surface area contributed by atoms with E-state index in [1.807, 2.05) is 42.5 Å². The third-order valence-electron chi connectivity index (χ3n) is 4.67. The fourth-order valence-corrected chi connectivity index (χ4v) is 4.30. The quantitative estimate of drug-likeness (QED) is 0.308. The largest absolute Gasteiger partial charge is 0.462 e. The second kappa shape index (κ2) is 12.1. The summed E-state index contributed by atoms with van der Waals surface area (Å²) in [6, 6.07) is 16.3. The average Bonchev–Trinajstić information content (AvgIpc) is 3.08. The van der Waals surface area contributed by atoms with Crippen molar-refractivity contribution < 1.29 is 19.1 Å². The summed E-state index contributed by atoms with van der Waals surface area (Å²) in [6.45, 7) is 2.42. The smallest absolute Gasteiger partial charge is 0.338 e. The molecule has 170 valence electrons. The lowest BCUT2D eigenvalue weighted by molar-refractivity contribution is -0.122. The molecule has 0 radical (unpaired) electrons. The third-order valence-corrected chi connectivity index (χ3v) is 6.07. The highest BCUT2D eigenvalue weighted by molar-refractivity contribution is 8.26. The molecule has 33 heavy (non-hydrogen) atoms. The highest BCUT2D eigenvalue weighted by Gasteiger charge is 2.31. The SMILES string of the molecule is CCOC(=O)c1ccc(NC(=O)CCCN2C(=O)/C(=C/C=C/c3ccccc3)SC2=S)cc1. The first kappa shape index (κ1) is 24.4. The number of benzene rings is 2. The second-order valence-corrected chi connectivity index (χ2v) is 8.75. The van der Waals surface area contributed by atoms with Crippen LogP contribution in [0, 0.1) is 0 Å². The van der Waals surface area contributed by atoms with Gasteiger partial charge >= 0.3 is 5.97 Å². The van der Waals surface area contributed by atoms with E-state index >= 15 is 0 Å². The second-order valence-electron chi connectivity index (χ2n) is 7.08. The van der Waals surface area contributed by atoms with Gasteiger partial charge in [-0.25, -0.2) is 4.79 Å². The molecule has 2 amide bonds. The molecular weight excluding hydrogens is 456 g/mol. The maximum absolute atomic E-state index is 12.6. The number of carbonyl (C=O) groups is 3. The summed E-state index contributed by atoms with van der Waals surface area (Å²) in [5.41, 5.74) is 2.06. The van der Waals surface area contributed by atoms with Gasteiger partial charge in [0.1, 0.15) is 4.32 Å². The predicted octanol–water partition coefficient (Wildman–Crippen LogP) is 5.04. The van der Waals surface area contributed by atoms with E-state index in [1.165, 1.54) is 16.7 Å². The van der Waals surface area contributed by atoms with E-state index in [1.54, 1.807) is 37.3 Å². The zero-order chi connectivity index (χ0) is 23.6. The van der Waals surface area contributed by atoms with Gasteiger partial charge < -0.3 is 10.1 Å². The first-order valence-corrected chi connectivity index (χ1v) is 11.7. The Balaban J connectivity index is 1.46. The van der Waals surface area contributed by atoms with Crippen LogP contribution in [-0.4, -0.2) is 40.2 Å². The molecule has 0 bridgehead atoms. The molecule has 0 unspecified atom stereocenters. The van der Waals surface area contributed by atoms with Gasteiger partial charge in [0.2, 0.25) is 5.91 Å². The minimum absolute atomic E-state index is 0.141. The normalized spacial score (nSPS) is 14.8. The Morgan fingerprint density at radius 3 is 2.55 bits per heavy atom. The topological polar surface area (TPSA) is 75.7 Å². The van der Waals surface area contributed by atoms with Crippen molar-refractivity contribution >= 4 is 57.8 Å². The van der Waals surface area contributed by atoms with Gasteiger partial charge in [-0.2, -0.15) is 0 Å². The Hall–Kier alpha value is -3.23. The van der Waals surface area contributed by atoms with E-state index in [2.05, 4.69) is 5.32 Å².